The summed E-state index contributed by atoms with van der Waals surface area (Å²) in [7, 11) is 0. The monoisotopic (exact) mass is 703 g/mol. The van der Waals surface area contributed by atoms with Crippen molar-refractivity contribution in [1.29, 1.82) is 0 Å². The molecule has 0 saturated heterocycles. The lowest BCUT2D eigenvalue weighted by Crippen LogP contribution is -2.72. The van der Waals surface area contributed by atoms with Crippen LogP contribution in [0.25, 0.3) is 0 Å². The molecule has 0 amide bonds. The highest BCUT2D eigenvalue weighted by molar-refractivity contribution is 5.88. The second-order valence-corrected chi connectivity index (χ2v) is 17.9. The van der Waals surface area contributed by atoms with Gasteiger partial charge >= 0.3 is 11.9 Å². The van der Waals surface area contributed by atoms with Crippen molar-refractivity contribution < 1.29 is 39.5 Å². The van der Waals surface area contributed by atoms with Gasteiger partial charge in [0.2, 0.25) is 0 Å². The Morgan fingerprint density at radius 2 is 1.34 bits per heavy atom. The molecule has 4 fully saturated rings. The van der Waals surface area contributed by atoms with Gasteiger partial charge in [0.15, 0.2) is 0 Å². The van der Waals surface area contributed by atoms with Crippen LogP contribution in [0.2, 0.25) is 0 Å². The van der Waals surface area contributed by atoms with E-state index in [2.05, 4.69) is 33.8 Å². The van der Waals surface area contributed by atoms with Crippen LogP contribution in [0.5, 0.6) is 0 Å². The molecule has 0 aromatic carbocycles. The maximum atomic E-state index is 12.9. The lowest BCUT2D eigenvalue weighted by molar-refractivity contribution is -0.260. The highest BCUT2D eigenvalue weighted by Gasteiger charge is 2.72. The van der Waals surface area contributed by atoms with Gasteiger partial charge in [-0.25, -0.2) is 9.59 Å². The Balaban J connectivity index is 0.00000338. The number of hydrogen-bond acceptors (Lipinski definition) is 8. The van der Waals surface area contributed by atoms with Crippen molar-refractivity contribution in [3.63, 3.8) is 0 Å². The van der Waals surface area contributed by atoms with Crippen LogP contribution in [0.15, 0.2) is 34.9 Å². The van der Waals surface area contributed by atoms with E-state index < -0.39 is 52.0 Å². The maximum Gasteiger partial charge on any atom is 0.333 e. The molecule has 3 unspecified atom stereocenters. The van der Waals surface area contributed by atoms with Gasteiger partial charge in [-0.3, -0.25) is 0 Å². The lowest BCUT2D eigenvalue weighted by Gasteiger charge is -2.72. The van der Waals surface area contributed by atoms with E-state index in [-0.39, 0.29) is 62.6 Å². The van der Waals surface area contributed by atoms with Crippen molar-refractivity contribution in [1.82, 2.24) is 0 Å². The van der Waals surface area contributed by atoms with Gasteiger partial charge in [-0.15, -0.1) is 0 Å². The Hall–Kier alpha value is -2.00. The molecule has 0 bridgehead atoms. The Bertz CT molecular complexity index is 1400. The van der Waals surface area contributed by atoms with E-state index in [1.54, 1.807) is 32.9 Å². The van der Waals surface area contributed by atoms with Gasteiger partial charge in [0.25, 0.3) is 0 Å². The second kappa shape index (κ2) is 14.1. The largest absolute Gasteiger partial charge is 0.462 e. The topological polar surface area (TPSA) is 134 Å². The Morgan fingerprint density at radius 1 is 0.780 bits per heavy atom. The summed E-state index contributed by atoms with van der Waals surface area (Å²) in [6, 6.07) is 0. The van der Waals surface area contributed by atoms with Crippen LogP contribution in [0.1, 0.15) is 129 Å². The van der Waals surface area contributed by atoms with E-state index >= 15 is 0 Å². The first-order valence-corrected chi connectivity index (χ1v) is 18.2. The summed E-state index contributed by atoms with van der Waals surface area (Å²) < 4.78 is 11.7. The molecule has 50 heavy (non-hydrogen) atoms. The van der Waals surface area contributed by atoms with Gasteiger partial charge in [-0.05, 0) is 112 Å². The van der Waals surface area contributed by atoms with Gasteiger partial charge in [-0.2, -0.15) is 0 Å². The van der Waals surface area contributed by atoms with E-state index in [9.17, 15) is 30.0 Å². The number of allylic oxidation sites excluding steroid dienone is 4. The molecule has 0 aliphatic heterocycles. The van der Waals surface area contributed by atoms with E-state index in [1.165, 1.54) is 5.57 Å². The van der Waals surface area contributed by atoms with Crippen LogP contribution in [0.4, 0.5) is 0 Å². The number of hydrogen-bond donors (Lipinski definition) is 4. The quantitative estimate of drug-likeness (QED) is 0.129. The Kier molecular flexibility index (Phi) is 12.0. The second-order valence-electron chi connectivity index (χ2n) is 17.9. The van der Waals surface area contributed by atoms with Gasteiger partial charge in [0.05, 0.1) is 36.4 Å². The van der Waals surface area contributed by atoms with Crippen LogP contribution in [-0.2, 0) is 19.1 Å². The molecule has 8 nitrogen and oxygen atoms in total. The fraction of sp³-hybridized carbons (Fsp3) is 0.810. The zero-order valence-electron chi connectivity index (χ0n) is 31.1. The number of aliphatic hydroxyl groups excluding tert-OH is 4. The molecule has 8 heteroatoms. The molecule has 0 spiro atoms. The predicted molar refractivity (Wildman–Crippen MR) is 198 cm³/mol. The van der Waals surface area contributed by atoms with Crippen LogP contribution in [0, 0.1) is 50.2 Å². The molecule has 0 aromatic rings. The molecule has 0 heterocycles. The van der Waals surface area contributed by atoms with Crippen molar-refractivity contribution in [2.75, 3.05) is 13.2 Å². The smallest absolute Gasteiger partial charge is 0.333 e. The molecule has 5 aliphatic rings. The molecule has 4 saturated carbocycles. The number of rotatable bonds is 6. The predicted octanol–water partition coefficient (Wildman–Crippen LogP) is 7.33. The Morgan fingerprint density at radius 3 is 1.90 bits per heavy atom. The van der Waals surface area contributed by atoms with Gasteiger partial charge in [0.1, 0.15) is 6.61 Å². The van der Waals surface area contributed by atoms with Crippen molar-refractivity contribution in [2.45, 2.75) is 153 Å². The third-order valence-electron chi connectivity index (χ3n) is 15.4. The summed E-state index contributed by atoms with van der Waals surface area (Å²) in [5, 5.41) is 47.2. The van der Waals surface area contributed by atoms with E-state index in [0.717, 1.165) is 25.7 Å². The van der Waals surface area contributed by atoms with Crippen LogP contribution < -0.4 is 0 Å². The minimum atomic E-state index is -1.28. The number of esters is 2. The lowest BCUT2D eigenvalue weighted by atomic mass is 9.33. The fourth-order valence-electron chi connectivity index (χ4n) is 11.8. The first-order valence-electron chi connectivity index (χ1n) is 18.2. The van der Waals surface area contributed by atoms with Crippen molar-refractivity contribution >= 4 is 11.9 Å². The SMILES string of the molecule is C.C.C/C=C(/C)C(=O)OC[C@@]12C(CC(C)(C)[C@@H](O)[C@@H]1O)C1=CCC3[C@@]4(C)CC[C@H](O)[C@](C)(COC(=O)/C(C)=C/C)C4CC[C@@]3(C)[C@]1(C)C[C@H]2O. The first-order chi connectivity index (χ1) is 22.2. The molecule has 4 N–H and O–H groups in total. The average molecular weight is 703 g/mol. The van der Waals surface area contributed by atoms with Crippen molar-refractivity contribution in [3.8, 4) is 0 Å². The standard InChI is InChI=1S/C40H62O8.2CH4/c1-11-23(3)33(45)47-21-37(8)27-15-18-38(9)28(36(27,7)17-16-29(37)41)14-13-25-26-19-35(5,6)31(43)32(44)40(26,30(42)20-39(25,38)10)22-48-34(46)24(4)12-2;;/h11-13,26-32,41-44H,14-22H2,1-10H3;2*1H4/b23-11+,24-12-;;/t26?,27?,28?,29-,30+,31-,32-,36-,37+,38+,39+,40-;;/m0../s1. The highest BCUT2D eigenvalue weighted by Crippen LogP contribution is 2.75. The van der Waals surface area contributed by atoms with Crippen molar-refractivity contribution in [2.24, 2.45) is 50.2 Å². The van der Waals surface area contributed by atoms with E-state index in [0.29, 0.717) is 30.4 Å². The molecular formula is C42H70O8. The first kappa shape index (κ1) is 42.4. The zero-order chi connectivity index (χ0) is 35.8. The summed E-state index contributed by atoms with van der Waals surface area (Å²) in [6.45, 7) is 20.1. The molecule has 5 aliphatic carbocycles. The third kappa shape index (κ3) is 5.87. The molecule has 5 rings (SSSR count). The number of fused-ring (bicyclic) bond motifs is 7. The number of aliphatic hydroxyl groups is 4. The molecule has 12 atom stereocenters. The molecule has 0 aromatic heterocycles. The highest BCUT2D eigenvalue weighted by atomic mass is 16.5. The summed E-state index contributed by atoms with van der Waals surface area (Å²) >= 11 is 0. The summed E-state index contributed by atoms with van der Waals surface area (Å²) in [6.07, 6.45) is 6.82. The zero-order valence-corrected chi connectivity index (χ0v) is 31.1. The molecule has 286 valence electrons. The number of carbonyl (C=O) groups excluding carboxylic acids is 2. The minimum absolute atomic E-state index is 0. The van der Waals surface area contributed by atoms with Crippen LogP contribution in [-0.4, -0.2) is 70.0 Å². The average Bonchev–Trinajstić information content (AvgIpc) is 3.03. The van der Waals surface area contributed by atoms with Gasteiger partial charge < -0.3 is 29.9 Å². The summed E-state index contributed by atoms with van der Waals surface area (Å²) in [5.41, 5.74) is -0.998. The Labute approximate surface area is 302 Å². The van der Waals surface area contributed by atoms with Crippen LogP contribution in [0.3, 0.4) is 0 Å². The minimum Gasteiger partial charge on any atom is -0.462 e. The fourth-order valence-corrected chi connectivity index (χ4v) is 11.8. The summed E-state index contributed by atoms with van der Waals surface area (Å²) in [4.78, 5) is 25.6. The number of carbonyl (C=O) groups is 2. The van der Waals surface area contributed by atoms with E-state index in [4.69, 9.17) is 9.47 Å². The molecule has 0 radical (unpaired) electrons. The number of ether oxygens (including phenoxy) is 2. The maximum absolute atomic E-state index is 12.9. The van der Waals surface area contributed by atoms with Gasteiger partial charge in [-0.1, -0.05) is 80.2 Å². The molecular weight excluding hydrogens is 632 g/mol. The van der Waals surface area contributed by atoms with E-state index in [1.807, 2.05) is 20.8 Å². The van der Waals surface area contributed by atoms with Gasteiger partial charge in [0, 0.05) is 16.6 Å². The third-order valence-corrected chi connectivity index (χ3v) is 15.4. The normalized spacial score (nSPS) is 45.2. The summed E-state index contributed by atoms with van der Waals surface area (Å²) in [5.74, 6) is -0.738. The van der Waals surface area contributed by atoms with Crippen molar-refractivity contribution in [3.05, 3.63) is 34.9 Å². The van der Waals surface area contributed by atoms with Crippen LogP contribution >= 0.6 is 0 Å².